The summed E-state index contributed by atoms with van der Waals surface area (Å²) in [4.78, 5) is 30.3. The minimum absolute atomic E-state index is 0.0699. The van der Waals surface area contributed by atoms with Gasteiger partial charge in [-0.1, -0.05) is 11.6 Å². The quantitative estimate of drug-likeness (QED) is 0.530. The number of imidazole rings is 1. The Hall–Kier alpha value is -3.64. The monoisotopic (exact) mass is 502 g/mol. The number of amides is 3. The van der Waals surface area contributed by atoms with Gasteiger partial charge in [0.1, 0.15) is 5.69 Å². The van der Waals surface area contributed by atoms with Crippen LogP contribution in [0.5, 0.6) is 0 Å². The van der Waals surface area contributed by atoms with Crippen LogP contribution in [0.3, 0.4) is 0 Å². The van der Waals surface area contributed by atoms with Crippen LogP contribution in [0, 0.1) is 0 Å². The van der Waals surface area contributed by atoms with E-state index in [2.05, 4.69) is 31.0 Å². The maximum atomic E-state index is 12.4. The van der Waals surface area contributed by atoms with Crippen molar-refractivity contribution in [3.8, 4) is 0 Å². The molecule has 11 nitrogen and oxygen atoms in total. The summed E-state index contributed by atoms with van der Waals surface area (Å²) in [7, 11) is 0. The highest BCUT2D eigenvalue weighted by Crippen LogP contribution is 2.40. The average molecular weight is 503 g/mol. The van der Waals surface area contributed by atoms with Gasteiger partial charge in [-0.25, -0.2) is 27.7 Å². The Morgan fingerprint density at radius 3 is 2.69 bits per heavy atom. The van der Waals surface area contributed by atoms with Gasteiger partial charge in [-0.2, -0.15) is 5.10 Å². The molecular weight excluding hydrogens is 474 g/mol. The van der Waals surface area contributed by atoms with Crippen LogP contribution in [0.15, 0.2) is 23.1 Å². The highest BCUT2D eigenvalue weighted by Gasteiger charge is 2.33. The average Bonchev–Trinajstić information content (AvgIpc) is 3.24. The normalized spacial score (nSPS) is 19.1. The fourth-order valence-electron chi connectivity index (χ4n) is 4.32. The number of hydrogen-bond donors (Lipinski definition) is 2. The molecule has 0 spiro atoms. The van der Waals surface area contributed by atoms with E-state index in [4.69, 9.17) is 4.63 Å². The van der Waals surface area contributed by atoms with Gasteiger partial charge in [0.25, 0.3) is 5.91 Å². The third kappa shape index (κ3) is 5.77. The summed E-state index contributed by atoms with van der Waals surface area (Å²) in [5, 5.41) is 17.5. The molecule has 0 unspecified atom stereocenters. The molecule has 0 radical (unpaired) electrons. The zero-order valence-corrected chi connectivity index (χ0v) is 19.8. The minimum Gasteiger partial charge on any atom is -0.345 e. The van der Waals surface area contributed by atoms with Gasteiger partial charge >= 0.3 is 6.03 Å². The molecule has 2 saturated carbocycles. The molecule has 3 aromatic heterocycles. The first-order valence-corrected chi connectivity index (χ1v) is 12.2. The number of carbonyl (C=O) groups excluding carboxylic acids is 2. The van der Waals surface area contributed by atoms with E-state index in [0.717, 1.165) is 24.8 Å². The van der Waals surface area contributed by atoms with Gasteiger partial charge < -0.3 is 15.5 Å². The van der Waals surface area contributed by atoms with Crippen molar-refractivity contribution in [1.29, 1.82) is 0 Å². The second kappa shape index (κ2) is 10.2. The molecule has 3 fully saturated rings. The molecule has 1 saturated heterocycles. The molecule has 3 aromatic rings. The first kappa shape index (κ1) is 24.1. The molecule has 3 amide bonds. The smallest absolute Gasteiger partial charge is 0.317 e. The fraction of sp³-hybridized carbons (Fsp3) is 0.565. The van der Waals surface area contributed by atoms with E-state index in [-0.39, 0.29) is 42.9 Å². The highest BCUT2D eigenvalue weighted by atomic mass is 19.3. The van der Waals surface area contributed by atoms with Crippen molar-refractivity contribution in [2.24, 2.45) is 0 Å². The third-order valence-corrected chi connectivity index (χ3v) is 6.45. The molecular formula is C23H28F2N8O3. The van der Waals surface area contributed by atoms with Gasteiger partial charge in [0.2, 0.25) is 5.92 Å². The van der Waals surface area contributed by atoms with E-state index in [1.807, 2.05) is 6.07 Å². The SMILES string of the molecule is FC1(F)CCCCC1.O=C(NCc1cn2ncc(CN3CCNC3=O)cc2n1)c1nonc1C1CC1. The van der Waals surface area contributed by atoms with Crippen LogP contribution < -0.4 is 10.6 Å². The number of nitrogens with zero attached hydrogens (tertiary/aromatic N) is 6. The van der Waals surface area contributed by atoms with Crippen LogP contribution in [0.25, 0.3) is 5.65 Å². The van der Waals surface area contributed by atoms with E-state index in [1.165, 1.54) is 0 Å². The summed E-state index contributed by atoms with van der Waals surface area (Å²) in [6.07, 6.45) is 8.15. The molecule has 1 aliphatic heterocycles. The number of aromatic nitrogens is 5. The lowest BCUT2D eigenvalue weighted by molar-refractivity contribution is -0.0337. The lowest BCUT2D eigenvalue weighted by atomic mass is 9.97. The Kier molecular flexibility index (Phi) is 6.79. The lowest BCUT2D eigenvalue weighted by Gasteiger charge is -2.20. The number of urea groups is 1. The Morgan fingerprint density at radius 1 is 1.22 bits per heavy atom. The number of hydrogen-bond acceptors (Lipinski definition) is 7. The first-order chi connectivity index (χ1) is 17.4. The second-order valence-corrected chi connectivity index (χ2v) is 9.42. The Bertz CT molecular complexity index is 1230. The van der Waals surface area contributed by atoms with Crippen molar-refractivity contribution in [2.75, 3.05) is 13.1 Å². The topological polar surface area (TPSA) is 131 Å². The minimum atomic E-state index is -2.32. The largest absolute Gasteiger partial charge is 0.345 e. The predicted molar refractivity (Wildman–Crippen MR) is 122 cm³/mol. The zero-order valence-electron chi connectivity index (χ0n) is 19.8. The van der Waals surface area contributed by atoms with Crippen LogP contribution in [-0.2, 0) is 13.1 Å². The van der Waals surface area contributed by atoms with Crippen LogP contribution in [0.2, 0.25) is 0 Å². The first-order valence-electron chi connectivity index (χ1n) is 12.2. The standard InChI is InChI=1S/C17H18N8O3.C6H10F2/c26-16(15-14(11-1-2-11)22-28-23-15)19-7-12-9-25-13(21-12)5-10(6-20-25)8-24-4-3-18-17(24)27;7-6(8)4-2-1-3-5-6/h5-6,9,11H,1-4,7-8H2,(H,18,27)(H,19,26);1-5H2. The van der Waals surface area contributed by atoms with Gasteiger partial charge in [-0.15, -0.1) is 0 Å². The summed E-state index contributed by atoms with van der Waals surface area (Å²) in [5.74, 6) is -2.37. The van der Waals surface area contributed by atoms with Crippen molar-refractivity contribution < 1.29 is 23.0 Å². The number of fused-ring (bicyclic) bond motifs is 1. The van der Waals surface area contributed by atoms with Crippen molar-refractivity contribution in [3.05, 3.63) is 41.1 Å². The number of nitrogens with one attached hydrogen (secondary N) is 2. The Balaban J connectivity index is 0.000000286. The van der Waals surface area contributed by atoms with E-state index >= 15 is 0 Å². The predicted octanol–water partition coefficient (Wildman–Crippen LogP) is 3.03. The van der Waals surface area contributed by atoms with Crippen molar-refractivity contribution in [3.63, 3.8) is 0 Å². The molecule has 2 N–H and O–H groups in total. The molecule has 3 aliphatic rings. The molecule has 6 rings (SSSR count). The summed E-state index contributed by atoms with van der Waals surface area (Å²) in [5.41, 5.74) is 3.10. The molecule has 0 aromatic carbocycles. The van der Waals surface area contributed by atoms with Gasteiger partial charge in [0.05, 0.1) is 24.6 Å². The highest BCUT2D eigenvalue weighted by molar-refractivity contribution is 5.93. The number of halogens is 2. The maximum Gasteiger partial charge on any atom is 0.317 e. The number of carbonyl (C=O) groups is 2. The molecule has 36 heavy (non-hydrogen) atoms. The molecule has 4 heterocycles. The summed E-state index contributed by atoms with van der Waals surface area (Å²) in [6, 6.07) is 1.82. The van der Waals surface area contributed by atoms with Crippen LogP contribution in [0.1, 0.15) is 78.3 Å². The molecule has 0 atom stereocenters. The summed E-state index contributed by atoms with van der Waals surface area (Å²) in [6.45, 7) is 2.06. The summed E-state index contributed by atoms with van der Waals surface area (Å²) >= 11 is 0. The van der Waals surface area contributed by atoms with Gasteiger partial charge in [-0.05, 0) is 42.5 Å². The Morgan fingerprint density at radius 2 is 2.03 bits per heavy atom. The van der Waals surface area contributed by atoms with Crippen LogP contribution in [-0.4, -0.2) is 60.8 Å². The van der Waals surface area contributed by atoms with Crippen LogP contribution >= 0.6 is 0 Å². The van der Waals surface area contributed by atoms with Crippen molar-refractivity contribution in [2.45, 2.75) is 69.9 Å². The van der Waals surface area contributed by atoms with Crippen LogP contribution in [0.4, 0.5) is 13.6 Å². The molecule has 2 aliphatic carbocycles. The number of alkyl halides is 2. The van der Waals surface area contributed by atoms with E-state index in [1.54, 1.807) is 21.8 Å². The van der Waals surface area contributed by atoms with Crippen molar-refractivity contribution in [1.82, 2.24) is 40.4 Å². The van der Waals surface area contributed by atoms with E-state index < -0.39 is 5.92 Å². The number of rotatable bonds is 6. The zero-order chi connectivity index (χ0) is 25.1. The molecule has 0 bridgehead atoms. The van der Waals surface area contributed by atoms with Gasteiger partial charge in [0, 0.05) is 38.4 Å². The lowest BCUT2D eigenvalue weighted by Crippen LogP contribution is -2.27. The molecule has 13 heteroatoms. The maximum absolute atomic E-state index is 12.4. The third-order valence-electron chi connectivity index (χ3n) is 6.45. The van der Waals surface area contributed by atoms with Crippen molar-refractivity contribution >= 4 is 17.6 Å². The summed E-state index contributed by atoms with van der Waals surface area (Å²) < 4.78 is 30.8. The van der Waals surface area contributed by atoms with Gasteiger partial charge in [0.15, 0.2) is 11.3 Å². The van der Waals surface area contributed by atoms with E-state index in [0.29, 0.717) is 49.5 Å². The fourth-order valence-corrected chi connectivity index (χ4v) is 4.32. The Labute approximate surface area is 205 Å². The second-order valence-electron chi connectivity index (χ2n) is 9.42. The van der Waals surface area contributed by atoms with E-state index in [9.17, 15) is 18.4 Å². The molecule has 192 valence electrons. The van der Waals surface area contributed by atoms with Gasteiger partial charge in [-0.3, -0.25) is 4.79 Å².